The van der Waals surface area contributed by atoms with Crippen LogP contribution in [-0.2, 0) is 16.0 Å². The Morgan fingerprint density at radius 3 is 2.44 bits per heavy atom. The molecule has 0 amide bonds. The van der Waals surface area contributed by atoms with Crippen molar-refractivity contribution in [2.45, 2.75) is 46.1 Å². The molecule has 0 aliphatic rings. The van der Waals surface area contributed by atoms with Gasteiger partial charge < -0.3 is 9.84 Å². The molecule has 0 fully saturated rings. The fourth-order valence-electron chi connectivity index (χ4n) is 4.13. The summed E-state index contributed by atoms with van der Waals surface area (Å²) in [6, 6.07) is 18.4. The van der Waals surface area contributed by atoms with Gasteiger partial charge in [-0.2, -0.15) is 0 Å². The highest BCUT2D eigenvalue weighted by Gasteiger charge is 2.23. The zero-order valence-corrected chi connectivity index (χ0v) is 19.6. The maximum atomic E-state index is 12.4. The van der Waals surface area contributed by atoms with Crippen molar-refractivity contribution in [2.24, 2.45) is 0 Å². The molecule has 0 saturated carbocycles. The average molecular weight is 457 g/mol. The van der Waals surface area contributed by atoms with E-state index in [1.807, 2.05) is 60.0 Å². The van der Waals surface area contributed by atoms with E-state index in [2.05, 4.69) is 6.92 Å². The number of pyridine rings is 1. The van der Waals surface area contributed by atoms with Crippen LogP contribution in [0.2, 0.25) is 0 Å². The van der Waals surface area contributed by atoms with Gasteiger partial charge in [-0.3, -0.25) is 9.20 Å². The second-order valence-electron chi connectivity index (χ2n) is 8.31. The van der Waals surface area contributed by atoms with E-state index in [1.54, 1.807) is 25.1 Å². The standard InChI is InChI=1S/C28H28N2O4/c1-4-8-21-17-30-24(16-11-18(3)27(30)29-21)26(34-25(31)5-2)20-14-12-19(13-15-20)22-9-6-7-10-23(22)28(32)33/h6-7,9-17,26H,4-5,8H2,1-3H3,(H,32,33)/t26-/m1/s1. The quantitative estimate of drug-likeness (QED) is 0.329. The molecule has 2 aromatic carbocycles. The number of aromatic carboxylic acids is 1. The number of esters is 1. The van der Waals surface area contributed by atoms with Gasteiger partial charge in [0.1, 0.15) is 5.65 Å². The Morgan fingerprint density at radius 1 is 1.03 bits per heavy atom. The van der Waals surface area contributed by atoms with Gasteiger partial charge in [0.25, 0.3) is 0 Å². The van der Waals surface area contributed by atoms with E-state index in [-0.39, 0.29) is 18.0 Å². The predicted molar refractivity (Wildman–Crippen MR) is 131 cm³/mol. The molecule has 1 N–H and O–H groups in total. The molecule has 0 spiro atoms. The lowest BCUT2D eigenvalue weighted by Gasteiger charge is -2.21. The van der Waals surface area contributed by atoms with E-state index in [1.165, 1.54) is 0 Å². The highest BCUT2D eigenvalue weighted by atomic mass is 16.5. The van der Waals surface area contributed by atoms with Crippen LogP contribution in [0.25, 0.3) is 16.8 Å². The third-order valence-corrected chi connectivity index (χ3v) is 5.89. The molecule has 2 aromatic heterocycles. The number of aromatic nitrogens is 2. The normalized spacial score (nSPS) is 12.0. The number of ether oxygens (including phenoxy) is 1. The van der Waals surface area contributed by atoms with Crippen molar-refractivity contribution in [3.8, 4) is 11.1 Å². The van der Waals surface area contributed by atoms with Crippen LogP contribution in [0.1, 0.15) is 65.7 Å². The van der Waals surface area contributed by atoms with Crippen molar-refractivity contribution < 1.29 is 19.4 Å². The van der Waals surface area contributed by atoms with Gasteiger partial charge in [0.15, 0.2) is 6.10 Å². The van der Waals surface area contributed by atoms with Crippen molar-refractivity contribution in [3.05, 3.63) is 94.9 Å². The third kappa shape index (κ3) is 4.57. The van der Waals surface area contributed by atoms with Gasteiger partial charge in [-0.05, 0) is 47.7 Å². The number of imidazole rings is 1. The fraction of sp³-hybridized carbons (Fsp3) is 0.250. The second kappa shape index (κ2) is 9.91. The van der Waals surface area contributed by atoms with Crippen molar-refractivity contribution >= 4 is 17.6 Å². The smallest absolute Gasteiger partial charge is 0.336 e. The van der Waals surface area contributed by atoms with E-state index < -0.39 is 12.1 Å². The number of carboxylic acids is 1. The van der Waals surface area contributed by atoms with E-state index in [4.69, 9.17) is 9.72 Å². The SMILES string of the molecule is CCCc1cn2c([C@H](OC(=O)CC)c3ccc(-c4ccccc4C(=O)O)cc3)ccc(C)c2n1. The molecule has 0 bridgehead atoms. The Bertz CT molecular complexity index is 1340. The number of carbonyl (C=O) groups excluding carboxylic acids is 1. The van der Waals surface area contributed by atoms with Crippen LogP contribution in [0.5, 0.6) is 0 Å². The summed E-state index contributed by atoms with van der Waals surface area (Å²) in [6.45, 7) is 5.91. The van der Waals surface area contributed by atoms with Gasteiger partial charge in [-0.15, -0.1) is 0 Å². The third-order valence-electron chi connectivity index (χ3n) is 5.89. The summed E-state index contributed by atoms with van der Waals surface area (Å²) >= 11 is 0. The Morgan fingerprint density at radius 2 is 1.76 bits per heavy atom. The first-order valence-corrected chi connectivity index (χ1v) is 11.5. The molecule has 1 atom stereocenters. The second-order valence-corrected chi connectivity index (χ2v) is 8.31. The number of carboxylic acid groups (broad SMARTS) is 1. The summed E-state index contributed by atoms with van der Waals surface area (Å²) < 4.78 is 7.93. The molecule has 34 heavy (non-hydrogen) atoms. The molecular weight excluding hydrogens is 428 g/mol. The Kier molecular flexibility index (Phi) is 6.77. The molecule has 0 radical (unpaired) electrons. The number of hydrogen-bond acceptors (Lipinski definition) is 4. The Hall–Kier alpha value is -3.93. The lowest BCUT2D eigenvalue weighted by Crippen LogP contribution is -2.15. The van der Waals surface area contributed by atoms with Crippen molar-refractivity contribution in [3.63, 3.8) is 0 Å². The van der Waals surface area contributed by atoms with Crippen LogP contribution in [0.3, 0.4) is 0 Å². The number of nitrogens with zero attached hydrogens (tertiary/aromatic N) is 2. The van der Waals surface area contributed by atoms with Gasteiger partial charge in [-0.1, -0.05) is 68.8 Å². The van der Waals surface area contributed by atoms with Crippen LogP contribution >= 0.6 is 0 Å². The number of fused-ring (bicyclic) bond motifs is 1. The first kappa shape index (κ1) is 23.2. The lowest BCUT2D eigenvalue weighted by atomic mass is 9.96. The maximum absolute atomic E-state index is 12.4. The molecule has 2 heterocycles. The van der Waals surface area contributed by atoms with E-state index in [0.29, 0.717) is 5.56 Å². The molecule has 4 aromatic rings. The number of carbonyl (C=O) groups is 2. The average Bonchev–Trinajstić information content (AvgIpc) is 3.28. The summed E-state index contributed by atoms with van der Waals surface area (Å²) in [6.07, 6.45) is 3.53. The summed E-state index contributed by atoms with van der Waals surface area (Å²) in [4.78, 5) is 28.8. The minimum atomic E-state index is -0.973. The van der Waals surface area contributed by atoms with Crippen molar-refractivity contribution in [1.29, 1.82) is 0 Å². The zero-order valence-electron chi connectivity index (χ0n) is 19.6. The van der Waals surface area contributed by atoms with E-state index in [9.17, 15) is 14.7 Å². The summed E-state index contributed by atoms with van der Waals surface area (Å²) in [5.41, 5.74) is 6.18. The van der Waals surface area contributed by atoms with Crippen molar-refractivity contribution in [2.75, 3.05) is 0 Å². The maximum Gasteiger partial charge on any atom is 0.336 e. The molecule has 174 valence electrons. The molecule has 0 saturated heterocycles. The first-order chi connectivity index (χ1) is 16.4. The van der Waals surface area contributed by atoms with Crippen LogP contribution < -0.4 is 0 Å². The van der Waals surface area contributed by atoms with Gasteiger partial charge >= 0.3 is 11.9 Å². The molecule has 0 aliphatic heterocycles. The Labute approximate surface area is 198 Å². The highest BCUT2D eigenvalue weighted by molar-refractivity contribution is 5.96. The summed E-state index contributed by atoms with van der Waals surface area (Å²) in [7, 11) is 0. The largest absolute Gasteiger partial charge is 0.478 e. The van der Waals surface area contributed by atoms with Crippen molar-refractivity contribution in [1.82, 2.24) is 9.38 Å². The zero-order chi connectivity index (χ0) is 24.2. The van der Waals surface area contributed by atoms with E-state index >= 15 is 0 Å². The minimum absolute atomic E-state index is 0.242. The number of benzene rings is 2. The monoisotopic (exact) mass is 456 g/mol. The van der Waals surface area contributed by atoms with Crippen LogP contribution in [0.15, 0.2) is 66.9 Å². The number of hydrogen-bond donors (Lipinski definition) is 1. The molecule has 6 nitrogen and oxygen atoms in total. The number of rotatable bonds is 8. The summed E-state index contributed by atoms with van der Waals surface area (Å²) in [5.74, 6) is -1.27. The van der Waals surface area contributed by atoms with E-state index in [0.717, 1.165) is 46.6 Å². The fourth-order valence-corrected chi connectivity index (χ4v) is 4.13. The first-order valence-electron chi connectivity index (χ1n) is 11.5. The van der Waals surface area contributed by atoms with Crippen LogP contribution in [-0.4, -0.2) is 26.4 Å². The van der Waals surface area contributed by atoms with Gasteiger partial charge in [0.05, 0.1) is 17.0 Å². The lowest BCUT2D eigenvalue weighted by molar-refractivity contribution is -0.147. The molecule has 4 rings (SSSR count). The van der Waals surface area contributed by atoms with Gasteiger partial charge in [0.2, 0.25) is 0 Å². The molecule has 0 unspecified atom stereocenters. The van der Waals surface area contributed by atoms with Gasteiger partial charge in [-0.25, -0.2) is 9.78 Å². The molecule has 0 aliphatic carbocycles. The number of aryl methyl sites for hydroxylation is 2. The van der Waals surface area contributed by atoms with Gasteiger partial charge in [0, 0.05) is 12.6 Å². The van der Waals surface area contributed by atoms with Crippen LogP contribution in [0.4, 0.5) is 0 Å². The predicted octanol–water partition coefficient (Wildman–Crippen LogP) is 6.00. The topological polar surface area (TPSA) is 80.9 Å². The van der Waals surface area contributed by atoms with Crippen LogP contribution in [0, 0.1) is 6.92 Å². The Balaban J connectivity index is 1.80. The minimum Gasteiger partial charge on any atom is -0.478 e. The summed E-state index contributed by atoms with van der Waals surface area (Å²) in [5, 5.41) is 9.54. The molecule has 6 heteroatoms. The highest BCUT2D eigenvalue weighted by Crippen LogP contribution is 2.31. The molecular formula is C28H28N2O4.